The second-order valence-corrected chi connectivity index (χ2v) is 9.87. The SMILES string of the molecule is COc1nn(C)c(I)c1S(=O)(=O)N1CCC(c2cn3ncnc3cc2Cl)CC1. The third kappa shape index (κ3) is 3.27. The summed E-state index contributed by atoms with van der Waals surface area (Å²) in [5.41, 5.74) is 1.65. The maximum atomic E-state index is 13.2. The van der Waals surface area contributed by atoms with Crippen molar-refractivity contribution in [1.29, 1.82) is 0 Å². The molecule has 0 aromatic carbocycles. The van der Waals surface area contributed by atoms with Gasteiger partial charge < -0.3 is 4.74 Å². The average molecular weight is 537 g/mol. The van der Waals surface area contributed by atoms with E-state index in [-0.39, 0.29) is 16.7 Å². The lowest BCUT2D eigenvalue weighted by Gasteiger charge is -2.31. The van der Waals surface area contributed by atoms with Gasteiger partial charge in [-0.3, -0.25) is 4.68 Å². The van der Waals surface area contributed by atoms with E-state index in [2.05, 4.69) is 15.2 Å². The minimum Gasteiger partial charge on any atom is -0.479 e. The Morgan fingerprint density at radius 3 is 2.71 bits per heavy atom. The van der Waals surface area contributed by atoms with Crippen LogP contribution in [0.5, 0.6) is 5.88 Å². The molecule has 0 aliphatic carbocycles. The normalized spacial score (nSPS) is 16.7. The number of nitrogens with zero attached hydrogens (tertiary/aromatic N) is 6. The van der Waals surface area contributed by atoms with Gasteiger partial charge >= 0.3 is 0 Å². The van der Waals surface area contributed by atoms with Crippen molar-refractivity contribution in [3.63, 3.8) is 0 Å². The van der Waals surface area contributed by atoms with E-state index < -0.39 is 10.0 Å². The first-order valence-electron chi connectivity index (χ1n) is 8.58. The molecule has 3 aromatic rings. The Morgan fingerprint density at radius 2 is 2.04 bits per heavy atom. The predicted octanol–water partition coefficient (Wildman–Crippen LogP) is 2.30. The number of hydrogen-bond donors (Lipinski definition) is 0. The summed E-state index contributed by atoms with van der Waals surface area (Å²) < 4.78 is 36.8. The quantitative estimate of drug-likeness (QED) is 0.475. The van der Waals surface area contributed by atoms with Crippen molar-refractivity contribution < 1.29 is 13.2 Å². The molecule has 0 N–H and O–H groups in total. The number of sulfonamides is 1. The number of aryl methyl sites for hydroxylation is 1. The standard InChI is InChI=1S/C16H18ClIN6O3S/c1-22-15(18)14(16(21-22)27-2)28(25,26)23-5-3-10(4-6-23)11-8-24-13(7-12(11)17)19-9-20-24/h7-10H,3-6H2,1-2H3. The molecule has 28 heavy (non-hydrogen) atoms. The molecule has 0 spiro atoms. The lowest BCUT2D eigenvalue weighted by Crippen LogP contribution is -2.38. The van der Waals surface area contributed by atoms with Crippen LogP contribution in [-0.2, 0) is 17.1 Å². The molecule has 1 fully saturated rings. The van der Waals surface area contributed by atoms with Gasteiger partial charge in [0.15, 0.2) is 10.5 Å². The molecule has 3 aromatic heterocycles. The minimum absolute atomic E-state index is 0.119. The maximum Gasteiger partial charge on any atom is 0.254 e. The molecule has 1 saturated heterocycles. The molecule has 12 heteroatoms. The number of methoxy groups -OCH3 is 1. The predicted molar refractivity (Wildman–Crippen MR) is 111 cm³/mol. The molecule has 0 unspecified atom stereocenters. The molecule has 4 rings (SSSR count). The average Bonchev–Trinajstić information content (AvgIpc) is 3.25. The van der Waals surface area contributed by atoms with Crippen LogP contribution in [0.15, 0.2) is 23.5 Å². The highest BCUT2D eigenvalue weighted by Crippen LogP contribution is 2.37. The zero-order chi connectivity index (χ0) is 20.1. The number of fused-ring (bicyclic) bond motifs is 1. The monoisotopic (exact) mass is 536 g/mol. The van der Waals surface area contributed by atoms with Crippen LogP contribution >= 0.6 is 34.2 Å². The van der Waals surface area contributed by atoms with Crippen molar-refractivity contribution in [3.05, 3.63) is 32.9 Å². The summed E-state index contributed by atoms with van der Waals surface area (Å²) >= 11 is 8.41. The minimum atomic E-state index is -3.70. The van der Waals surface area contributed by atoms with Gasteiger partial charge in [-0.2, -0.15) is 9.40 Å². The van der Waals surface area contributed by atoms with E-state index in [4.69, 9.17) is 16.3 Å². The number of rotatable bonds is 4. The smallest absolute Gasteiger partial charge is 0.254 e. The number of aromatic nitrogens is 5. The zero-order valence-corrected chi connectivity index (χ0v) is 18.9. The van der Waals surface area contributed by atoms with Crippen LogP contribution in [0, 0.1) is 3.70 Å². The third-order valence-electron chi connectivity index (χ3n) is 4.99. The van der Waals surface area contributed by atoms with Crippen LogP contribution in [-0.4, -0.2) is 57.3 Å². The summed E-state index contributed by atoms with van der Waals surface area (Å²) in [4.78, 5) is 4.25. The van der Waals surface area contributed by atoms with Gasteiger partial charge in [0, 0.05) is 37.4 Å². The highest BCUT2D eigenvalue weighted by atomic mass is 127. The van der Waals surface area contributed by atoms with E-state index in [1.807, 2.05) is 28.8 Å². The van der Waals surface area contributed by atoms with Gasteiger partial charge in [0.25, 0.3) is 15.9 Å². The Balaban J connectivity index is 1.57. The van der Waals surface area contributed by atoms with Crippen molar-refractivity contribution in [2.45, 2.75) is 23.7 Å². The Hall–Kier alpha value is -1.44. The van der Waals surface area contributed by atoms with Gasteiger partial charge in [0.05, 0.1) is 7.11 Å². The molecule has 4 heterocycles. The van der Waals surface area contributed by atoms with E-state index >= 15 is 0 Å². The lowest BCUT2D eigenvalue weighted by molar-refractivity contribution is 0.316. The van der Waals surface area contributed by atoms with E-state index in [1.54, 1.807) is 17.6 Å². The summed E-state index contributed by atoms with van der Waals surface area (Å²) in [6.07, 6.45) is 4.69. The van der Waals surface area contributed by atoms with Gasteiger partial charge in [-0.15, -0.1) is 5.10 Å². The van der Waals surface area contributed by atoms with Gasteiger partial charge in [-0.05, 0) is 46.9 Å². The molecule has 9 nitrogen and oxygen atoms in total. The molecule has 0 saturated carbocycles. The number of piperidine rings is 1. The maximum absolute atomic E-state index is 13.2. The Morgan fingerprint density at radius 1 is 1.32 bits per heavy atom. The topological polar surface area (TPSA) is 94.6 Å². The van der Waals surface area contributed by atoms with Gasteiger partial charge in [-0.1, -0.05) is 11.6 Å². The summed E-state index contributed by atoms with van der Waals surface area (Å²) in [5, 5.41) is 8.92. The molecule has 0 atom stereocenters. The zero-order valence-electron chi connectivity index (χ0n) is 15.2. The van der Waals surface area contributed by atoms with Crippen LogP contribution in [0.25, 0.3) is 5.65 Å². The first-order valence-corrected chi connectivity index (χ1v) is 11.5. The van der Waals surface area contributed by atoms with E-state index in [0.717, 1.165) is 5.56 Å². The fourth-order valence-corrected chi connectivity index (χ4v) is 6.61. The van der Waals surface area contributed by atoms with Crippen molar-refractivity contribution in [2.75, 3.05) is 20.2 Å². The molecule has 1 aliphatic rings. The molecule has 0 radical (unpaired) electrons. The highest BCUT2D eigenvalue weighted by Gasteiger charge is 2.36. The second kappa shape index (κ2) is 7.43. The van der Waals surface area contributed by atoms with Crippen molar-refractivity contribution in [1.82, 2.24) is 28.7 Å². The number of ether oxygens (including phenoxy) is 1. The Kier molecular flexibility index (Phi) is 5.27. The van der Waals surface area contributed by atoms with E-state index in [0.29, 0.717) is 40.3 Å². The fraction of sp³-hybridized carbons (Fsp3) is 0.438. The second-order valence-electron chi connectivity index (χ2n) is 6.57. The first-order chi connectivity index (χ1) is 13.3. The molecular weight excluding hydrogens is 519 g/mol. The summed E-state index contributed by atoms with van der Waals surface area (Å²) in [6, 6.07) is 1.79. The molecule has 0 amide bonds. The van der Waals surface area contributed by atoms with Crippen molar-refractivity contribution in [3.8, 4) is 5.88 Å². The summed E-state index contributed by atoms with van der Waals surface area (Å²) in [7, 11) is -0.584. The summed E-state index contributed by atoms with van der Waals surface area (Å²) in [6.45, 7) is 0.791. The van der Waals surface area contributed by atoms with Crippen LogP contribution < -0.4 is 4.74 Å². The van der Waals surface area contributed by atoms with Gasteiger partial charge in [0.1, 0.15) is 10.0 Å². The Bertz CT molecular complexity index is 1140. The number of halogens is 2. The first kappa shape index (κ1) is 19.9. The fourth-order valence-electron chi connectivity index (χ4n) is 3.50. The summed E-state index contributed by atoms with van der Waals surface area (Å²) in [5.74, 6) is 0.274. The van der Waals surface area contributed by atoms with Gasteiger partial charge in [-0.25, -0.2) is 17.9 Å². The molecular formula is C16H18ClIN6O3S. The van der Waals surface area contributed by atoms with Crippen molar-refractivity contribution >= 4 is 49.9 Å². The molecule has 1 aliphatic heterocycles. The van der Waals surface area contributed by atoms with Crippen LogP contribution in [0.2, 0.25) is 5.02 Å². The molecule has 0 bridgehead atoms. The van der Waals surface area contributed by atoms with Crippen LogP contribution in [0.1, 0.15) is 24.3 Å². The number of pyridine rings is 1. The largest absolute Gasteiger partial charge is 0.479 e. The van der Waals surface area contributed by atoms with Gasteiger partial charge in [0.2, 0.25) is 0 Å². The molecule has 150 valence electrons. The van der Waals surface area contributed by atoms with Crippen molar-refractivity contribution in [2.24, 2.45) is 7.05 Å². The van der Waals surface area contributed by atoms with E-state index in [1.165, 1.54) is 22.4 Å². The van der Waals surface area contributed by atoms with Crippen LogP contribution in [0.4, 0.5) is 0 Å². The highest BCUT2D eigenvalue weighted by molar-refractivity contribution is 14.1. The van der Waals surface area contributed by atoms with E-state index in [9.17, 15) is 8.42 Å². The Labute approximate surface area is 180 Å². The third-order valence-corrected chi connectivity index (χ3v) is 8.85. The van der Waals surface area contributed by atoms with Crippen LogP contribution in [0.3, 0.4) is 0 Å². The lowest BCUT2D eigenvalue weighted by atomic mass is 9.91. The number of hydrogen-bond acceptors (Lipinski definition) is 6.